The lowest BCUT2D eigenvalue weighted by molar-refractivity contribution is -0.127. The molecule has 1 atom stereocenters. The first-order chi connectivity index (χ1) is 12.3. The van der Waals surface area contributed by atoms with Crippen molar-refractivity contribution in [3.63, 3.8) is 0 Å². The molecular weight excluding hydrogens is 378 g/mol. The van der Waals surface area contributed by atoms with Crippen LogP contribution in [0.4, 0.5) is 5.69 Å². The second kappa shape index (κ2) is 7.95. The minimum atomic E-state index is -3.63. The van der Waals surface area contributed by atoms with Crippen LogP contribution in [0.15, 0.2) is 28.0 Å². The third-order valence-electron chi connectivity index (χ3n) is 4.13. The molecule has 2 heterocycles. The molecule has 1 saturated heterocycles. The molecule has 2 aliphatic rings. The highest BCUT2D eigenvalue weighted by Gasteiger charge is 2.25. The molecule has 10 heteroatoms. The van der Waals surface area contributed by atoms with Crippen molar-refractivity contribution in [3.8, 4) is 0 Å². The number of carbonyl (C=O) groups excluding carboxylic acids is 2. The van der Waals surface area contributed by atoms with Crippen LogP contribution in [0.2, 0.25) is 0 Å². The van der Waals surface area contributed by atoms with Crippen molar-refractivity contribution < 1.29 is 22.7 Å². The second-order valence-corrected chi connectivity index (χ2v) is 9.60. The molecule has 0 aliphatic carbocycles. The molecule has 2 N–H and O–H groups in total. The minimum Gasteiger partial charge on any atom is -0.379 e. The molecule has 0 saturated carbocycles. The zero-order chi connectivity index (χ0) is 18.7. The summed E-state index contributed by atoms with van der Waals surface area (Å²) < 4.78 is 30.2. The number of hydrogen-bond donors (Lipinski definition) is 2. The van der Waals surface area contributed by atoms with Gasteiger partial charge in [-0.05, 0) is 25.1 Å². The van der Waals surface area contributed by atoms with E-state index in [4.69, 9.17) is 4.74 Å². The Morgan fingerprint density at radius 1 is 1.38 bits per heavy atom. The van der Waals surface area contributed by atoms with Gasteiger partial charge in [-0.2, -0.15) is 0 Å². The number of ether oxygens (including phenoxy) is 1. The Morgan fingerprint density at radius 2 is 2.12 bits per heavy atom. The smallest absolute Gasteiger partial charge is 0.237 e. The molecule has 142 valence electrons. The van der Waals surface area contributed by atoms with Gasteiger partial charge in [0.1, 0.15) is 0 Å². The number of hydrogen-bond acceptors (Lipinski definition) is 7. The van der Waals surface area contributed by atoms with Gasteiger partial charge in [0.25, 0.3) is 0 Å². The van der Waals surface area contributed by atoms with Crippen molar-refractivity contribution in [1.29, 1.82) is 0 Å². The monoisotopic (exact) mass is 399 g/mol. The number of benzene rings is 1. The molecule has 8 nitrogen and oxygen atoms in total. The van der Waals surface area contributed by atoms with Gasteiger partial charge in [-0.3, -0.25) is 15.0 Å². The summed E-state index contributed by atoms with van der Waals surface area (Å²) in [6, 6.07) is 4.67. The largest absolute Gasteiger partial charge is 0.379 e. The van der Waals surface area contributed by atoms with Crippen molar-refractivity contribution in [1.82, 2.24) is 10.4 Å². The molecule has 0 spiro atoms. The minimum absolute atomic E-state index is 0.103. The van der Waals surface area contributed by atoms with Crippen LogP contribution in [0, 0.1) is 0 Å². The summed E-state index contributed by atoms with van der Waals surface area (Å²) in [5.74, 6) is -0.785. The number of anilines is 1. The maximum absolute atomic E-state index is 12.5. The molecule has 2 aliphatic heterocycles. The van der Waals surface area contributed by atoms with Crippen molar-refractivity contribution in [3.05, 3.63) is 18.2 Å². The first kappa shape index (κ1) is 19.2. The van der Waals surface area contributed by atoms with Gasteiger partial charge >= 0.3 is 0 Å². The maximum atomic E-state index is 12.5. The van der Waals surface area contributed by atoms with Crippen LogP contribution < -0.4 is 10.7 Å². The van der Waals surface area contributed by atoms with Crippen molar-refractivity contribution in [2.75, 3.05) is 37.4 Å². The third kappa shape index (κ3) is 4.56. The predicted molar refractivity (Wildman–Crippen MR) is 97.6 cm³/mol. The van der Waals surface area contributed by atoms with Crippen LogP contribution in [-0.4, -0.2) is 62.5 Å². The molecule has 3 rings (SSSR count). The molecule has 26 heavy (non-hydrogen) atoms. The van der Waals surface area contributed by atoms with Gasteiger partial charge in [0.05, 0.1) is 34.8 Å². The summed E-state index contributed by atoms with van der Waals surface area (Å²) in [4.78, 5) is 24.7. The zero-order valence-corrected chi connectivity index (χ0v) is 16.0. The van der Waals surface area contributed by atoms with E-state index in [1.54, 1.807) is 18.0 Å². The normalized spacial score (nSPS) is 21.0. The van der Waals surface area contributed by atoms with E-state index in [1.165, 1.54) is 23.9 Å². The lowest BCUT2D eigenvalue weighted by Gasteiger charge is -2.26. The summed E-state index contributed by atoms with van der Waals surface area (Å²) in [7, 11) is -3.63. The summed E-state index contributed by atoms with van der Waals surface area (Å²) >= 11 is 1.39. The quantitative estimate of drug-likeness (QED) is 0.749. The van der Waals surface area contributed by atoms with Gasteiger partial charge in [-0.25, -0.2) is 13.4 Å². The molecule has 1 aromatic rings. The number of thioether (sulfide) groups is 1. The average Bonchev–Trinajstić information content (AvgIpc) is 2.61. The van der Waals surface area contributed by atoms with E-state index in [0.29, 0.717) is 32.0 Å². The van der Waals surface area contributed by atoms with Gasteiger partial charge in [0, 0.05) is 24.4 Å². The standard InChI is InChI=1S/C16H21N3O5S2/c1-11-16(21)17-13-10-12(2-3-14(13)25-11)26(22,23)9-4-15(20)18-19-5-7-24-8-6-19/h2-3,10-11H,4-9H2,1H3,(H,17,21)(H,18,20). The fourth-order valence-electron chi connectivity index (χ4n) is 2.63. The Labute approximate surface area is 156 Å². The lowest BCUT2D eigenvalue weighted by atomic mass is 10.3. The lowest BCUT2D eigenvalue weighted by Crippen LogP contribution is -2.48. The number of hydrazine groups is 1. The molecule has 0 bridgehead atoms. The topological polar surface area (TPSA) is 105 Å². The molecular formula is C16H21N3O5S2. The number of carbonyl (C=O) groups is 2. The van der Waals surface area contributed by atoms with Crippen LogP contribution in [0.25, 0.3) is 0 Å². The number of amides is 2. The first-order valence-corrected chi connectivity index (χ1v) is 10.8. The van der Waals surface area contributed by atoms with E-state index in [-0.39, 0.29) is 34.1 Å². The Hall–Kier alpha value is -1.62. The van der Waals surface area contributed by atoms with Gasteiger partial charge in [0.2, 0.25) is 11.8 Å². The summed E-state index contributed by atoms with van der Waals surface area (Å²) in [6.07, 6.45) is -0.130. The number of morpholine rings is 1. The molecule has 1 aromatic carbocycles. The molecule has 0 aromatic heterocycles. The van der Waals surface area contributed by atoms with Crippen LogP contribution in [0.3, 0.4) is 0 Å². The van der Waals surface area contributed by atoms with Crippen LogP contribution in [0.5, 0.6) is 0 Å². The average molecular weight is 399 g/mol. The molecule has 1 fully saturated rings. The van der Waals surface area contributed by atoms with E-state index < -0.39 is 9.84 Å². The van der Waals surface area contributed by atoms with Crippen LogP contribution >= 0.6 is 11.8 Å². The Balaban J connectivity index is 1.62. The van der Waals surface area contributed by atoms with Gasteiger partial charge in [-0.15, -0.1) is 11.8 Å². The van der Waals surface area contributed by atoms with E-state index in [1.807, 2.05) is 0 Å². The maximum Gasteiger partial charge on any atom is 0.237 e. The summed E-state index contributed by atoms with van der Waals surface area (Å²) in [5, 5.41) is 4.23. The molecule has 0 radical (unpaired) electrons. The number of fused-ring (bicyclic) bond motifs is 1. The number of rotatable bonds is 5. The molecule has 2 amide bonds. The van der Waals surface area contributed by atoms with E-state index in [0.717, 1.165) is 4.90 Å². The Kier molecular flexibility index (Phi) is 5.86. The highest BCUT2D eigenvalue weighted by atomic mass is 32.2. The van der Waals surface area contributed by atoms with Gasteiger partial charge in [-0.1, -0.05) is 0 Å². The zero-order valence-electron chi connectivity index (χ0n) is 14.4. The van der Waals surface area contributed by atoms with E-state index in [9.17, 15) is 18.0 Å². The van der Waals surface area contributed by atoms with E-state index in [2.05, 4.69) is 10.7 Å². The van der Waals surface area contributed by atoms with Crippen molar-refractivity contribution in [2.24, 2.45) is 0 Å². The Morgan fingerprint density at radius 3 is 2.85 bits per heavy atom. The third-order valence-corrected chi connectivity index (χ3v) is 7.02. The summed E-state index contributed by atoms with van der Waals surface area (Å²) in [5.41, 5.74) is 3.19. The number of nitrogens with one attached hydrogen (secondary N) is 2. The SMILES string of the molecule is CC1Sc2ccc(S(=O)(=O)CCC(=O)NN3CCOCC3)cc2NC1=O. The molecule has 1 unspecified atom stereocenters. The number of sulfone groups is 1. The number of nitrogens with zero attached hydrogens (tertiary/aromatic N) is 1. The van der Waals surface area contributed by atoms with Gasteiger partial charge in [0.15, 0.2) is 9.84 Å². The van der Waals surface area contributed by atoms with Crippen LogP contribution in [0.1, 0.15) is 13.3 Å². The van der Waals surface area contributed by atoms with Gasteiger partial charge < -0.3 is 10.1 Å². The highest BCUT2D eigenvalue weighted by molar-refractivity contribution is 8.01. The van der Waals surface area contributed by atoms with Crippen molar-refractivity contribution >= 4 is 39.1 Å². The van der Waals surface area contributed by atoms with E-state index >= 15 is 0 Å². The van der Waals surface area contributed by atoms with Crippen molar-refractivity contribution in [2.45, 2.75) is 28.4 Å². The fourth-order valence-corrected chi connectivity index (χ4v) is 4.83. The first-order valence-electron chi connectivity index (χ1n) is 8.32. The Bertz CT molecular complexity index is 806. The summed E-state index contributed by atoms with van der Waals surface area (Å²) in [6.45, 7) is 4.03. The fraction of sp³-hybridized carbons (Fsp3) is 0.500. The predicted octanol–water partition coefficient (Wildman–Crippen LogP) is 0.646. The van der Waals surface area contributed by atoms with Crippen LogP contribution in [-0.2, 0) is 24.2 Å². The second-order valence-electron chi connectivity index (χ2n) is 6.11. The highest BCUT2D eigenvalue weighted by Crippen LogP contribution is 2.36.